The summed E-state index contributed by atoms with van der Waals surface area (Å²) in [5, 5.41) is 14.4. The lowest BCUT2D eigenvalue weighted by atomic mass is 10.1. The molecule has 0 bridgehead atoms. The second-order valence-corrected chi connectivity index (χ2v) is 2.68. The molecule has 1 heterocycles. The molecule has 2 rings (SSSR count). The van der Waals surface area contributed by atoms with E-state index in [0.29, 0.717) is 0 Å². The molecule has 0 aliphatic carbocycles. The van der Waals surface area contributed by atoms with Gasteiger partial charge >= 0.3 is 0 Å². The van der Waals surface area contributed by atoms with E-state index < -0.39 is 0 Å². The first-order chi connectivity index (χ1) is 6.45. The largest absolute Gasteiger partial charge is 0.135 e. The fourth-order valence-electron chi connectivity index (χ4n) is 1.10. The van der Waals surface area contributed by atoms with Crippen molar-refractivity contribution in [2.75, 3.05) is 0 Å². The van der Waals surface area contributed by atoms with Crippen molar-refractivity contribution in [3.63, 3.8) is 0 Å². The van der Waals surface area contributed by atoms with Crippen molar-refractivity contribution in [1.29, 1.82) is 0 Å². The molecule has 4 nitrogen and oxygen atoms in total. The van der Waals surface area contributed by atoms with E-state index >= 15 is 0 Å². The zero-order valence-electron chi connectivity index (χ0n) is 6.96. The van der Waals surface area contributed by atoms with Crippen LogP contribution in [0.3, 0.4) is 0 Å². The Morgan fingerprint density at radius 1 is 1.00 bits per heavy atom. The highest BCUT2D eigenvalue weighted by Gasteiger charge is 1.96. The second kappa shape index (κ2) is 3.71. The smallest absolute Gasteiger partial charge is 0.0894 e. The van der Waals surface area contributed by atoms with Crippen LogP contribution in [0.1, 0.15) is 11.3 Å². The van der Waals surface area contributed by atoms with Gasteiger partial charge in [0.15, 0.2) is 0 Å². The van der Waals surface area contributed by atoms with E-state index in [-0.39, 0.29) is 0 Å². The summed E-state index contributed by atoms with van der Waals surface area (Å²) >= 11 is 0. The van der Waals surface area contributed by atoms with Crippen LogP contribution in [0, 0.1) is 0 Å². The second-order valence-electron chi connectivity index (χ2n) is 2.68. The number of aromatic nitrogens is 4. The van der Waals surface area contributed by atoms with E-state index in [1.54, 1.807) is 6.20 Å². The average Bonchev–Trinajstić information content (AvgIpc) is 2.21. The predicted octanol–water partition coefficient (Wildman–Crippen LogP) is 0.857. The van der Waals surface area contributed by atoms with Gasteiger partial charge in [0, 0.05) is 6.42 Å². The van der Waals surface area contributed by atoms with Crippen molar-refractivity contribution in [2.45, 2.75) is 6.42 Å². The molecule has 0 saturated heterocycles. The zero-order chi connectivity index (χ0) is 8.93. The molecule has 64 valence electrons. The Morgan fingerprint density at radius 2 is 1.85 bits per heavy atom. The van der Waals surface area contributed by atoms with Crippen molar-refractivity contribution in [3.05, 3.63) is 47.8 Å². The quantitative estimate of drug-likeness (QED) is 0.674. The van der Waals surface area contributed by atoms with Crippen LogP contribution in [0.15, 0.2) is 36.5 Å². The maximum Gasteiger partial charge on any atom is 0.0894 e. The van der Waals surface area contributed by atoms with Crippen molar-refractivity contribution in [1.82, 2.24) is 20.6 Å². The van der Waals surface area contributed by atoms with Gasteiger partial charge in [-0.3, -0.25) is 0 Å². The lowest BCUT2D eigenvalue weighted by molar-refractivity contribution is 0.731. The van der Waals surface area contributed by atoms with Gasteiger partial charge in [-0.1, -0.05) is 30.3 Å². The Morgan fingerprint density at radius 3 is 2.54 bits per heavy atom. The van der Waals surface area contributed by atoms with Crippen LogP contribution in [0.2, 0.25) is 0 Å². The first-order valence-corrected chi connectivity index (χ1v) is 3.99. The summed E-state index contributed by atoms with van der Waals surface area (Å²) in [6.07, 6.45) is 2.38. The molecule has 1 aromatic heterocycles. The standard InChI is InChI=1S/C9H8N4/c1-2-4-8(5-3-1)6-9-7-10-12-13-11-9/h1-5,7H,6H2. The minimum atomic E-state index is 0.753. The summed E-state index contributed by atoms with van der Waals surface area (Å²) in [5.41, 5.74) is 2.03. The number of nitrogens with zero attached hydrogens (tertiary/aromatic N) is 4. The van der Waals surface area contributed by atoms with E-state index in [1.165, 1.54) is 5.56 Å². The molecule has 0 fully saturated rings. The van der Waals surface area contributed by atoms with Crippen LogP contribution in [-0.2, 0) is 6.42 Å². The maximum absolute atomic E-state index is 3.85. The SMILES string of the molecule is c1ccc(Cc2cnnnn2)cc1. The van der Waals surface area contributed by atoms with Crippen LogP contribution in [-0.4, -0.2) is 20.6 Å². The number of rotatable bonds is 2. The molecule has 0 unspecified atom stereocenters. The zero-order valence-corrected chi connectivity index (χ0v) is 6.96. The van der Waals surface area contributed by atoms with Gasteiger partial charge in [0.05, 0.1) is 11.9 Å². The summed E-state index contributed by atoms with van der Waals surface area (Å²) in [6.45, 7) is 0. The van der Waals surface area contributed by atoms with Gasteiger partial charge in [-0.15, -0.1) is 10.2 Å². The molecule has 4 heteroatoms. The minimum absolute atomic E-state index is 0.753. The third-order valence-corrected chi connectivity index (χ3v) is 1.70. The molecule has 0 saturated carbocycles. The topological polar surface area (TPSA) is 51.6 Å². The molecule has 0 radical (unpaired) electrons. The van der Waals surface area contributed by atoms with Gasteiger partial charge in [-0.25, -0.2) is 0 Å². The molecular formula is C9H8N4. The van der Waals surface area contributed by atoms with Crippen LogP contribution < -0.4 is 0 Å². The lowest BCUT2D eigenvalue weighted by Gasteiger charge is -1.96. The third-order valence-electron chi connectivity index (χ3n) is 1.70. The molecule has 13 heavy (non-hydrogen) atoms. The summed E-state index contributed by atoms with van der Waals surface area (Å²) in [4.78, 5) is 0. The van der Waals surface area contributed by atoms with E-state index in [2.05, 4.69) is 20.6 Å². The first kappa shape index (κ1) is 7.79. The van der Waals surface area contributed by atoms with Crippen molar-refractivity contribution < 1.29 is 0 Å². The number of hydrogen-bond acceptors (Lipinski definition) is 4. The van der Waals surface area contributed by atoms with E-state index in [1.807, 2.05) is 30.3 Å². The summed E-state index contributed by atoms with van der Waals surface area (Å²) < 4.78 is 0. The summed E-state index contributed by atoms with van der Waals surface area (Å²) in [7, 11) is 0. The Bertz CT molecular complexity index is 322. The molecule has 0 amide bonds. The Kier molecular flexibility index (Phi) is 2.22. The van der Waals surface area contributed by atoms with E-state index in [4.69, 9.17) is 0 Å². The van der Waals surface area contributed by atoms with Crippen molar-refractivity contribution >= 4 is 0 Å². The maximum atomic E-state index is 3.85. The monoisotopic (exact) mass is 172 g/mol. The highest BCUT2D eigenvalue weighted by Crippen LogP contribution is 2.03. The molecule has 0 N–H and O–H groups in total. The first-order valence-electron chi connectivity index (χ1n) is 3.99. The highest BCUT2D eigenvalue weighted by atomic mass is 15.4. The van der Waals surface area contributed by atoms with Gasteiger partial charge in [0.1, 0.15) is 0 Å². The fraction of sp³-hybridized carbons (Fsp3) is 0.111. The summed E-state index contributed by atoms with van der Waals surface area (Å²) in [5.74, 6) is 0. The van der Waals surface area contributed by atoms with E-state index in [9.17, 15) is 0 Å². The molecule has 2 aromatic rings. The van der Waals surface area contributed by atoms with Gasteiger partial charge in [0.2, 0.25) is 0 Å². The van der Waals surface area contributed by atoms with Gasteiger partial charge < -0.3 is 0 Å². The highest BCUT2D eigenvalue weighted by molar-refractivity contribution is 5.19. The fourth-order valence-corrected chi connectivity index (χ4v) is 1.10. The Balaban J connectivity index is 2.16. The predicted molar refractivity (Wildman–Crippen MR) is 46.9 cm³/mol. The van der Waals surface area contributed by atoms with Gasteiger partial charge in [-0.2, -0.15) is 0 Å². The molecule has 0 spiro atoms. The van der Waals surface area contributed by atoms with Gasteiger partial charge in [0.25, 0.3) is 0 Å². The molecule has 0 atom stereocenters. The average molecular weight is 172 g/mol. The molecule has 0 aliphatic rings. The molecule has 1 aromatic carbocycles. The van der Waals surface area contributed by atoms with Crippen LogP contribution in [0.25, 0.3) is 0 Å². The Hall–Kier alpha value is -1.84. The lowest BCUT2D eigenvalue weighted by Crippen LogP contribution is -1.97. The summed E-state index contributed by atoms with van der Waals surface area (Å²) in [6, 6.07) is 10.1. The van der Waals surface area contributed by atoms with E-state index in [0.717, 1.165) is 12.1 Å². The van der Waals surface area contributed by atoms with Crippen molar-refractivity contribution in [3.8, 4) is 0 Å². The number of hydrogen-bond donors (Lipinski definition) is 0. The van der Waals surface area contributed by atoms with Crippen LogP contribution in [0.4, 0.5) is 0 Å². The molecular weight excluding hydrogens is 164 g/mol. The third kappa shape index (κ3) is 2.05. The van der Waals surface area contributed by atoms with Crippen molar-refractivity contribution in [2.24, 2.45) is 0 Å². The van der Waals surface area contributed by atoms with Gasteiger partial charge in [-0.05, 0) is 16.0 Å². The van der Waals surface area contributed by atoms with Crippen LogP contribution in [0.5, 0.6) is 0 Å². The molecule has 0 aliphatic heterocycles. The Labute approximate surface area is 75.6 Å². The number of benzene rings is 1. The van der Waals surface area contributed by atoms with Crippen LogP contribution >= 0.6 is 0 Å². The minimum Gasteiger partial charge on any atom is -0.135 e. The normalized spacial score (nSPS) is 9.85.